The molecule has 5 heterocycles. The highest BCUT2D eigenvalue weighted by Gasteiger charge is 2.39. The van der Waals surface area contributed by atoms with Crippen LogP contribution in [-0.4, -0.2) is 95.4 Å². The number of nitrogens with zero attached hydrogens (tertiary/aromatic N) is 7. The van der Waals surface area contributed by atoms with Gasteiger partial charge in [-0.25, -0.2) is 4.98 Å². The standard InChI is InChI=1S/C26H32N8O2/c1-18-16-36-13-12-34(18)22-14-20(19-4-8-28-25(24(19)30-22)21-5-9-29-31-21)26(17-27)6-10-33(11-7-26)15-23(35)32(2)3/h4-5,8-9,14,18H,6-7,10-13,15-16H2,1-3H3,(H,29,31)/t18-/m1/s1. The molecule has 2 aliphatic heterocycles. The molecule has 10 heteroatoms. The van der Waals surface area contributed by atoms with Crippen molar-refractivity contribution in [3.63, 3.8) is 0 Å². The van der Waals surface area contributed by atoms with Gasteiger partial charge in [-0.1, -0.05) is 0 Å². The van der Waals surface area contributed by atoms with Gasteiger partial charge in [0.05, 0.1) is 43.0 Å². The van der Waals surface area contributed by atoms with E-state index in [4.69, 9.17) is 9.72 Å². The molecule has 5 rings (SSSR count). The van der Waals surface area contributed by atoms with E-state index in [1.165, 1.54) is 0 Å². The Bertz CT molecular complexity index is 1280. The number of ether oxygens (including phenoxy) is 1. The van der Waals surface area contributed by atoms with Gasteiger partial charge in [-0.15, -0.1) is 0 Å². The minimum atomic E-state index is -0.685. The number of amides is 1. The number of aromatic nitrogens is 4. The maximum Gasteiger partial charge on any atom is 0.236 e. The van der Waals surface area contributed by atoms with Crippen LogP contribution in [0.1, 0.15) is 25.3 Å². The first-order chi connectivity index (χ1) is 17.4. The third-order valence-electron chi connectivity index (χ3n) is 7.43. The minimum Gasteiger partial charge on any atom is -0.377 e. The first-order valence-corrected chi connectivity index (χ1v) is 12.4. The molecule has 1 amide bonds. The number of nitrogens with one attached hydrogen (secondary N) is 1. The van der Waals surface area contributed by atoms with Crippen molar-refractivity contribution in [1.82, 2.24) is 30.0 Å². The van der Waals surface area contributed by atoms with E-state index >= 15 is 0 Å². The Morgan fingerprint density at radius 1 is 1.28 bits per heavy atom. The Morgan fingerprint density at radius 2 is 2.08 bits per heavy atom. The summed E-state index contributed by atoms with van der Waals surface area (Å²) in [4.78, 5) is 28.0. The number of anilines is 1. The quantitative estimate of drug-likeness (QED) is 0.581. The average molecular weight is 489 g/mol. The molecule has 0 aliphatic carbocycles. The summed E-state index contributed by atoms with van der Waals surface area (Å²) in [7, 11) is 3.54. The molecule has 0 radical (unpaired) electrons. The van der Waals surface area contributed by atoms with Crippen molar-refractivity contribution < 1.29 is 9.53 Å². The van der Waals surface area contributed by atoms with Crippen LogP contribution in [0, 0.1) is 11.3 Å². The van der Waals surface area contributed by atoms with Crippen LogP contribution in [0.4, 0.5) is 5.82 Å². The lowest BCUT2D eigenvalue weighted by Crippen LogP contribution is -2.46. The van der Waals surface area contributed by atoms with Crippen LogP contribution in [0.3, 0.4) is 0 Å². The molecule has 2 saturated heterocycles. The molecule has 0 spiro atoms. The largest absolute Gasteiger partial charge is 0.377 e. The molecule has 0 bridgehead atoms. The van der Waals surface area contributed by atoms with E-state index in [9.17, 15) is 10.1 Å². The highest BCUT2D eigenvalue weighted by Crippen LogP contribution is 2.41. The number of hydrogen-bond donors (Lipinski definition) is 1. The fourth-order valence-electron chi connectivity index (χ4n) is 5.20. The molecule has 1 atom stereocenters. The highest BCUT2D eigenvalue weighted by molar-refractivity contribution is 5.94. The van der Waals surface area contributed by atoms with Gasteiger partial charge in [0, 0.05) is 51.5 Å². The molecule has 3 aromatic heterocycles. The predicted molar refractivity (Wildman–Crippen MR) is 136 cm³/mol. The number of H-pyrrole nitrogens is 1. The van der Waals surface area contributed by atoms with Crippen molar-refractivity contribution in [2.45, 2.75) is 31.2 Å². The van der Waals surface area contributed by atoms with Gasteiger partial charge in [0.25, 0.3) is 0 Å². The van der Waals surface area contributed by atoms with E-state index in [-0.39, 0.29) is 11.9 Å². The summed E-state index contributed by atoms with van der Waals surface area (Å²) in [6.45, 7) is 5.86. The summed E-state index contributed by atoms with van der Waals surface area (Å²) in [5, 5.41) is 18.6. The van der Waals surface area contributed by atoms with Crippen LogP contribution >= 0.6 is 0 Å². The van der Waals surface area contributed by atoms with E-state index in [0.717, 1.165) is 40.2 Å². The maximum atomic E-state index is 12.3. The first kappa shape index (κ1) is 24.2. The summed E-state index contributed by atoms with van der Waals surface area (Å²) in [6, 6.07) is 8.80. The molecular weight excluding hydrogens is 456 g/mol. The Labute approximate surface area is 210 Å². The number of nitriles is 1. The molecule has 1 N–H and O–H groups in total. The smallest absolute Gasteiger partial charge is 0.236 e. The van der Waals surface area contributed by atoms with Crippen LogP contribution in [0.15, 0.2) is 30.6 Å². The van der Waals surface area contributed by atoms with Gasteiger partial charge in [-0.05, 0) is 43.5 Å². The first-order valence-electron chi connectivity index (χ1n) is 12.4. The molecular formula is C26H32N8O2. The third-order valence-corrected chi connectivity index (χ3v) is 7.43. The topological polar surface area (TPSA) is 114 Å². The van der Waals surface area contributed by atoms with Gasteiger partial charge in [-0.2, -0.15) is 10.4 Å². The van der Waals surface area contributed by atoms with Crippen molar-refractivity contribution in [3.8, 4) is 17.5 Å². The van der Waals surface area contributed by atoms with Gasteiger partial charge in [0.15, 0.2) is 0 Å². The van der Waals surface area contributed by atoms with Gasteiger partial charge in [0.2, 0.25) is 5.91 Å². The Balaban J connectivity index is 1.60. The zero-order chi connectivity index (χ0) is 25.3. The lowest BCUT2D eigenvalue weighted by molar-refractivity contribution is -0.130. The van der Waals surface area contributed by atoms with Crippen molar-refractivity contribution in [2.24, 2.45) is 0 Å². The van der Waals surface area contributed by atoms with E-state index in [0.29, 0.717) is 45.7 Å². The number of carbonyl (C=O) groups is 1. The van der Waals surface area contributed by atoms with Gasteiger partial charge in [0.1, 0.15) is 17.0 Å². The van der Waals surface area contributed by atoms with Gasteiger partial charge < -0.3 is 14.5 Å². The summed E-state index contributed by atoms with van der Waals surface area (Å²) >= 11 is 0. The minimum absolute atomic E-state index is 0.0766. The number of piperidine rings is 1. The number of rotatable bonds is 5. The van der Waals surface area contributed by atoms with E-state index in [2.05, 4.69) is 44.0 Å². The van der Waals surface area contributed by atoms with E-state index in [1.54, 1.807) is 31.4 Å². The molecule has 0 aromatic carbocycles. The monoisotopic (exact) mass is 488 g/mol. The fraction of sp³-hybridized carbons (Fsp3) is 0.500. The highest BCUT2D eigenvalue weighted by atomic mass is 16.5. The molecule has 3 aromatic rings. The second kappa shape index (κ2) is 9.84. The number of morpholine rings is 1. The molecule has 2 fully saturated rings. The van der Waals surface area contributed by atoms with Crippen molar-refractivity contribution in [2.75, 3.05) is 58.4 Å². The number of likely N-dealkylation sites (N-methyl/N-ethyl adjacent to an activating group) is 1. The van der Waals surface area contributed by atoms with Crippen LogP contribution in [-0.2, 0) is 14.9 Å². The molecule has 36 heavy (non-hydrogen) atoms. The lowest BCUT2D eigenvalue weighted by Gasteiger charge is -2.39. The van der Waals surface area contributed by atoms with Crippen LogP contribution in [0.5, 0.6) is 0 Å². The number of carbonyl (C=O) groups excluding carboxylic acids is 1. The number of hydrogen-bond acceptors (Lipinski definition) is 8. The summed E-state index contributed by atoms with van der Waals surface area (Å²) < 4.78 is 5.67. The van der Waals surface area contributed by atoms with Crippen LogP contribution in [0.2, 0.25) is 0 Å². The van der Waals surface area contributed by atoms with Crippen LogP contribution < -0.4 is 4.90 Å². The predicted octanol–water partition coefficient (Wildman–Crippen LogP) is 2.19. The Kier molecular flexibility index (Phi) is 6.60. The fourth-order valence-corrected chi connectivity index (χ4v) is 5.20. The second-order valence-electron chi connectivity index (χ2n) is 9.93. The Morgan fingerprint density at radius 3 is 2.75 bits per heavy atom. The van der Waals surface area contributed by atoms with Crippen LogP contribution in [0.25, 0.3) is 22.3 Å². The Hall–Kier alpha value is -3.55. The zero-order valence-electron chi connectivity index (χ0n) is 21.1. The summed E-state index contributed by atoms with van der Waals surface area (Å²) in [5.74, 6) is 0.912. The zero-order valence-corrected chi connectivity index (χ0v) is 21.1. The van der Waals surface area contributed by atoms with Crippen molar-refractivity contribution in [1.29, 1.82) is 5.26 Å². The van der Waals surface area contributed by atoms with Crippen molar-refractivity contribution in [3.05, 3.63) is 36.2 Å². The lowest BCUT2D eigenvalue weighted by atomic mass is 9.72. The van der Waals surface area contributed by atoms with E-state index < -0.39 is 5.41 Å². The maximum absolute atomic E-state index is 12.3. The average Bonchev–Trinajstić information content (AvgIpc) is 3.43. The molecule has 188 valence electrons. The van der Waals surface area contributed by atoms with Crippen molar-refractivity contribution >= 4 is 22.6 Å². The second-order valence-corrected chi connectivity index (χ2v) is 9.93. The van der Waals surface area contributed by atoms with Gasteiger partial charge >= 0.3 is 0 Å². The summed E-state index contributed by atoms with van der Waals surface area (Å²) in [6.07, 6.45) is 4.76. The number of likely N-dealkylation sites (tertiary alicyclic amines) is 1. The molecule has 10 nitrogen and oxygen atoms in total. The molecule has 0 saturated carbocycles. The van der Waals surface area contributed by atoms with E-state index in [1.807, 2.05) is 12.1 Å². The number of pyridine rings is 2. The third kappa shape index (κ3) is 4.40. The summed E-state index contributed by atoms with van der Waals surface area (Å²) in [5.41, 5.74) is 2.55. The normalized spacial score (nSPS) is 20.3. The number of aromatic amines is 1. The molecule has 0 unspecified atom stereocenters. The SMILES string of the molecule is C[C@@H]1COCCN1c1cc(C2(C#N)CCN(CC(=O)N(C)C)CC2)c2ccnc(-c3ccn[nH]3)c2n1. The number of fused-ring (bicyclic) bond motifs is 1. The van der Waals surface area contributed by atoms with Gasteiger partial charge in [-0.3, -0.25) is 19.8 Å². The molecule has 2 aliphatic rings.